The maximum atomic E-state index is 11.2. The van der Waals surface area contributed by atoms with Crippen molar-refractivity contribution >= 4 is 11.9 Å². The molecule has 0 saturated carbocycles. The summed E-state index contributed by atoms with van der Waals surface area (Å²) in [6.45, 7) is 4.04. The summed E-state index contributed by atoms with van der Waals surface area (Å²) >= 11 is 0. The van der Waals surface area contributed by atoms with Gasteiger partial charge in [-0.25, -0.2) is 4.79 Å². The Balaban J connectivity index is 3.70. The maximum Gasteiger partial charge on any atom is 0.333 e. The van der Waals surface area contributed by atoms with Gasteiger partial charge in [0.15, 0.2) is 0 Å². The Morgan fingerprint density at radius 3 is 2.47 bits per heavy atom. The molecule has 0 aliphatic heterocycles. The number of hydrogen-bond acceptors (Lipinski definition) is 3. The van der Waals surface area contributed by atoms with Crippen molar-refractivity contribution in [1.82, 2.24) is 0 Å². The van der Waals surface area contributed by atoms with Gasteiger partial charge in [0.05, 0.1) is 6.61 Å². The zero-order valence-electron chi connectivity index (χ0n) is 9.41. The quantitative estimate of drug-likeness (QED) is 0.396. The molecular formula is C11H19NO3. The fourth-order valence-electron chi connectivity index (χ4n) is 1.08. The van der Waals surface area contributed by atoms with Crippen LogP contribution in [-0.2, 0) is 14.3 Å². The molecule has 86 valence electrons. The lowest BCUT2D eigenvalue weighted by atomic mass is 10.2. The lowest BCUT2D eigenvalue weighted by Crippen LogP contribution is -2.12. The normalized spacial score (nSPS) is 11.2. The van der Waals surface area contributed by atoms with Gasteiger partial charge in [0, 0.05) is 11.6 Å². The van der Waals surface area contributed by atoms with E-state index in [0.717, 1.165) is 31.8 Å². The van der Waals surface area contributed by atoms with Gasteiger partial charge in [-0.1, -0.05) is 26.2 Å². The molecule has 0 atom stereocenters. The lowest BCUT2D eigenvalue weighted by Gasteiger charge is -2.03. The molecule has 0 fully saturated rings. The van der Waals surface area contributed by atoms with Crippen LogP contribution in [0.25, 0.3) is 0 Å². The number of nitrogens with two attached hydrogens (primary N) is 1. The third kappa shape index (κ3) is 7.73. The van der Waals surface area contributed by atoms with E-state index in [-0.39, 0.29) is 5.57 Å². The predicted octanol–water partition coefficient (Wildman–Crippen LogP) is 1.54. The third-order valence-electron chi connectivity index (χ3n) is 1.91. The number of rotatable bonds is 7. The van der Waals surface area contributed by atoms with Gasteiger partial charge in [-0.15, -0.1) is 0 Å². The van der Waals surface area contributed by atoms with E-state index in [9.17, 15) is 9.59 Å². The number of ether oxygens (including phenoxy) is 1. The van der Waals surface area contributed by atoms with Crippen LogP contribution < -0.4 is 5.73 Å². The Morgan fingerprint density at radius 1 is 1.27 bits per heavy atom. The standard InChI is InChI=1S/C11H19NO3/c1-3-4-5-6-7-15-11(14)9(2)8-10(12)13/h8H,3-7H2,1-2H3,(H2,12,13). The second-order valence-electron chi connectivity index (χ2n) is 3.43. The minimum atomic E-state index is -0.629. The molecular weight excluding hydrogens is 194 g/mol. The van der Waals surface area contributed by atoms with E-state index < -0.39 is 11.9 Å². The molecule has 0 bridgehead atoms. The molecule has 0 heterocycles. The van der Waals surface area contributed by atoms with E-state index in [1.807, 2.05) is 0 Å². The lowest BCUT2D eigenvalue weighted by molar-refractivity contribution is -0.139. The monoisotopic (exact) mass is 213 g/mol. The number of esters is 1. The summed E-state index contributed by atoms with van der Waals surface area (Å²) in [5.74, 6) is -1.10. The molecule has 0 aromatic carbocycles. The van der Waals surface area contributed by atoms with Crippen molar-refractivity contribution < 1.29 is 14.3 Å². The fourth-order valence-corrected chi connectivity index (χ4v) is 1.08. The number of hydrogen-bond donors (Lipinski definition) is 1. The highest BCUT2D eigenvalue weighted by Gasteiger charge is 2.05. The summed E-state index contributed by atoms with van der Waals surface area (Å²) in [5, 5.41) is 0. The van der Waals surface area contributed by atoms with Crippen LogP contribution in [0, 0.1) is 0 Å². The van der Waals surface area contributed by atoms with E-state index in [2.05, 4.69) is 6.92 Å². The van der Waals surface area contributed by atoms with E-state index in [1.54, 1.807) is 0 Å². The second kappa shape index (κ2) is 8.03. The van der Waals surface area contributed by atoms with Gasteiger partial charge in [-0.3, -0.25) is 4.79 Å². The second-order valence-corrected chi connectivity index (χ2v) is 3.43. The average molecular weight is 213 g/mol. The van der Waals surface area contributed by atoms with Crippen LogP contribution >= 0.6 is 0 Å². The van der Waals surface area contributed by atoms with E-state index >= 15 is 0 Å². The van der Waals surface area contributed by atoms with E-state index in [0.29, 0.717) is 6.61 Å². The molecule has 2 N–H and O–H groups in total. The number of primary amides is 1. The Kier molecular flexibility index (Phi) is 7.32. The highest BCUT2D eigenvalue weighted by atomic mass is 16.5. The van der Waals surface area contributed by atoms with Crippen LogP contribution in [0.15, 0.2) is 11.6 Å². The highest BCUT2D eigenvalue weighted by molar-refractivity contribution is 5.97. The van der Waals surface area contributed by atoms with Crippen LogP contribution in [0.2, 0.25) is 0 Å². The van der Waals surface area contributed by atoms with Gasteiger partial charge in [-0.05, 0) is 13.3 Å². The molecule has 0 radical (unpaired) electrons. The summed E-state index contributed by atoms with van der Waals surface area (Å²) in [7, 11) is 0. The summed E-state index contributed by atoms with van der Waals surface area (Å²) < 4.78 is 4.94. The van der Waals surface area contributed by atoms with E-state index in [4.69, 9.17) is 10.5 Å². The smallest absolute Gasteiger partial charge is 0.333 e. The molecule has 0 saturated heterocycles. The molecule has 4 nitrogen and oxygen atoms in total. The van der Waals surface area contributed by atoms with Crippen molar-refractivity contribution in [3.63, 3.8) is 0 Å². The molecule has 0 aromatic rings. The topological polar surface area (TPSA) is 69.4 Å². The van der Waals surface area contributed by atoms with Gasteiger partial charge in [0.25, 0.3) is 0 Å². The molecule has 0 unspecified atom stereocenters. The predicted molar refractivity (Wildman–Crippen MR) is 58.1 cm³/mol. The first-order valence-corrected chi connectivity index (χ1v) is 5.22. The molecule has 4 heteroatoms. The Morgan fingerprint density at radius 2 is 1.93 bits per heavy atom. The summed E-state index contributed by atoms with van der Waals surface area (Å²) in [6.07, 6.45) is 5.29. The van der Waals surface area contributed by atoms with Crippen LogP contribution in [0.5, 0.6) is 0 Å². The first-order chi connectivity index (χ1) is 7.07. The van der Waals surface area contributed by atoms with Gasteiger partial charge in [0.2, 0.25) is 5.91 Å². The molecule has 0 aliphatic rings. The average Bonchev–Trinajstić information content (AvgIpc) is 2.16. The largest absolute Gasteiger partial charge is 0.462 e. The summed E-state index contributed by atoms with van der Waals surface area (Å²) in [4.78, 5) is 21.7. The van der Waals surface area contributed by atoms with Crippen LogP contribution in [0.3, 0.4) is 0 Å². The zero-order valence-corrected chi connectivity index (χ0v) is 9.41. The van der Waals surface area contributed by atoms with Gasteiger partial charge in [-0.2, -0.15) is 0 Å². The van der Waals surface area contributed by atoms with Gasteiger partial charge < -0.3 is 10.5 Å². The third-order valence-corrected chi connectivity index (χ3v) is 1.91. The van der Waals surface area contributed by atoms with Crippen molar-refractivity contribution in [1.29, 1.82) is 0 Å². The Bertz CT molecular complexity index is 246. The Labute approximate surface area is 90.5 Å². The summed E-state index contributed by atoms with van der Waals surface area (Å²) in [6, 6.07) is 0. The van der Waals surface area contributed by atoms with Gasteiger partial charge >= 0.3 is 5.97 Å². The molecule has 0 aliphatic carbocycles. The molecule has 15 heavy (non-hydrogen) atoms. The van der Waals surface area contributed by atoms with Crippen LogP contribution in [0.4, 0.5) is 0 Å². The number of unbranched alkanes of at least 4 members (excludes halogenated alkanes) is 3. The minimum Gasteiger partial charge on any atom is -0.462 e. The number of amides is 1. The molecule has 1 amide bonds. The first kappa shape index (κ1) is 13.7. The number of carbonyl (C=O) groups is 2. The highest BCUT2D eigenvalue weighted by Crippen LogP contribution is 2.01. The fraction of sp³-hybridized carbons (Fsp3) is 0.636. The Hall–Kier alpha value is -1.32. The maximum absolute atomic E-state index is 11.2. The first-order valence-electron chi connectivity index (χ1n) is 5.22. The SMILES string of the molecule is CCCCCCOC(=O)C(C)=CC(N)=O. The van der Waals surface area contributed by atoms with Crippen LogP contribution in [-0.4, -0.2) is 18.5 Å². The zero-order chi connectivity index (χ0) is 11.7. The number of carbonyl (C=O) groups excluding carboxylic acids is 2. The van der Waals surface area contributed by atoms with E-state index in [1.165, 1.54) is 6.92 Å². The van der Waals surface area contributed by atoms with Crippen molar-refractivity contribution in [3.8, 4) is 0 Å². The van der Waals surface area contributed by atoms with Crippen LogP contribution in [0.1, 0.15) is 39.5 Å². The minimum absolute atomic E-state index is 0.248. The molecule has 0 rings (SSSR count). The van der Waals surface area contributed by atoms with Crippen molar-refractivity contribution in [2.24, 2.45) is 5.73 Å². The van der Waals surface area contributed by atoms with Crippen molar-refractivity contribution in [2.75, 3.05) is 6.61 Å². The van der Waals surface area contributed by atoms with Gasteiger partial charge in [0.1, 0.15) is 0 Å². The van der Waals surface area contributed by atoms with Crippen molar-refractivity contribution in [2.45, 2.75) is 39.5 Å². The summed E-state index contributed by atoms with van der Waals surface area (Å²) in [5.41, 5.74) is 5.15. The van der Waals surface area contributed by atoms with Crippen molar-refractivity contribution in [3.05, 3.63) is 11.6 Å². The molecule has 0 aromatic heterocycles. The molecule has 0 spiro atoms.